The highest BCUT2D eigenvalue weighted by atomic mass is 16.5. The van der Waals surface area contributed by atoms with Crippen molar-refractivity contribution in [3.63, 3.8) is 0 Å². The fourth-order valence-corrected chi connectivity index (χ4v) is 2.23. The second-order valence-electron chi connectivity index (χ2n) is 4.92. The third-order valence-electron chi connectivity index (χ3n) is 3.25. The third kappa shape index (κ3) is 3.19. The number of ether oxygens (including phenoxy) is 1. The largest absolute Gasteiger partial charge is 0.403 e. The Morgan fingerprint density at radius 3 is 2.71 bits per heavy atom. The first-order valence-corrected chi connectivity index (χ1v) is 6.92. The van der Waals surface area contributed by atoms with E-state index >= 15 is 0 Å². The minimum absolute atomic E-state index is 0.171. The Morgan fingerprint density at radius 2 is 2.05 bits per heavy atom. The van der Waals surface area contributed by atoms with Crippen molar-refractivity contribution < 1.29 is 4.74 Å². The summed E-state index contributed by atoms with van der Waals surface area (Å²) in [7, 11) is 0. The van der Waals surface area contributed by atoms with E-state index < -0.39 is 0 Å². The SMILES string of the molecule is Cc1cc(Oc2nc(NN)nc(N3CCCCC3)n2)n[nH]1. The Kier molecular flexibility index (Phi) is 3.82. The number of nitrogens with one attached hydrogen (secondary N) is 2. The van der Waals surface area contributed by atoms with Crippen LogP contribution in [0.1, 0.15) is 25.0 Å². The summed E-state index contributed by atoms with van der Waals surface area (Å²) in [5.74, 6) is 6.67. The summed E-state index contributed by atoms with van der Waals surface area (Å²) < 4.78 is 5.55. The molecule has 4 N–H and O–H groups in total. The Balaban J connectivity index is 1.85. The number of rotatable bonds is 4. The normalized spacial score (nSPS) is 15.0. The predicted octanol–water partition coefficient (Wildman–Crippen LogP) is 0.971. The van der Waals surface area contributed by atoms with Crippen molar-refractivity contribution in [3.8, 4) is 11.9 Å². The number of hydrogen-bond donors (Lipinski definition) is 3. The van der Waals surface area contributed by atoms with Gasteiger partial charge < -0.3 is 9.64 Å². The van der Waals surface area contributed by atoms with Crippen molar-refractivity contribution in [2.45, 2.75) is 26.2 Å². The maximum Gasteiger partial charge on any atom is 0.330 e. The average Bonchev–Trinajstić information content (AvgIpc) is 2.93. The molecule has 1 aliphatic heterocycles. The number of nitrogens with two attached hydrogens (primary N) is 1. The standard InChI is InChI=1S/C12H18N8O/c1-8-7-9(19-18-8)21-12-15-10(17-13)14-11(16-12)20-5-3-2-4-6-20/h7H,2-6,13H2,1H3,(H,18,19)(H,14,15,16,17). The van der Waals surface area contributed by atoms with Crippen LogP contribution >= 0.6 is 0 Å². The fourth-order valence-electron chi connectivity index (χ4n) is 2.23. The second-order valence-corrected chi connectivity index (χ2v) is 4.92. The molecule has 2 aromatic rings. The lowest BCUT2D eigenvalue weighted by atomic mass is 10.1. The molecule has 0 unspecified atom stereocenters. The molecule has 0 aromatic carbocycles. The van der Waals surface area contributed by atoms with Gasteiger partial charge in [0, 0.05) is 24.8 Å². The van der Waals surface area contributed by atoms with Gasteiger partial charge in [-0.25, -0.2) is 5.84 Å². The number of anilines is 2. The molecule has 112 valence electrons. The number of nitrogens with zero attached hydrogens (tertiary/aromatic N) is 5. The molecule has 2 aromatic heterocycles. The van der Waals surface area contributed by atoms with E-state index in [-0.39, 0.29) is 12.0 Å². The van der Waals surface area contributed by atoms with Crippen LogP contribution in [-0.2, 0) is 0 Å². The summed E-state index contributed by atoms with van der Waals surface area (Å²) in [6, 6.07) is 1.94. The molecule has 3 heterocycles. The van der Waals surface area contributed by atoms with E-state index in [0.717, 1.165) is 31.6 Å². The van der Waals surface area contributed by atoms with Crippen LogP contribution in [0.3, 0.4) is 0 Å². The van der Waals surface area contributed by atoms with E-state index in [1.807, 2.05) is 6.92 Å². The molecule has 9 heteroatoms. The van der Waals surface area contributed by atoms with Gasteiger partial charge >= 0.3 is 6.01 Å². The minimum atomic E-state index is 0.171. The molecule has 0 bridgehead atoms. The maximum absolute atomic E-state index is 5.55. The van der Waals surface area contributed by atoms with Gasteiger partial charge in [-0.2, -0.15) is 15.0 Å². The molecule has 1 saturated heterocycles. The Hall–Kier alpha value is -2.42. The summed E-state index contributed by atoms with van der Waals surface area (Å²) in [6.45, 7) is 3.74. The molecule has 1 fully saturated rings. The number of hydrogen-bond acceptors (Lipinski definition) is 8. The van der Waals surface area contributed by atoms with Gasteiger partial charge in [-0.05, 0) is 26.2 Å². The zero-order chi connectivity index (χ0) is 14.7. The van der Waals surface area contributed by atoms with E-state index in [4.69, 9.17) is 10.6 Å². The van der Waals surface area contributed by atoms with Crippen LogP contribution in [0, 0.1) is 6.92 Å². The van der Waals surface area contributed by atoms with E-state index in [1.54, 1.807) is 6.07 Å². The average molecular weight is 290 g/mol. The minimum Gasteiger partial charge on any atom is -0.403 e. The summed E-state index contributed by atoms with van der Waals surface area (Å²) in [4.78, 5) is 14.8. The van der Waals surface area contributed by atoms with Gasteiger partial charge in [0.05, 0.1) is 0 Å². The van der Waals surface area contributed by atoms with Crippen LogP contribution in [0.5, 0.6) is 11.9 Å². The van der Waals surface area contributed by atoms with Gasteiger partial charge in [-0.3, -0.25) is 10.5 Å². The zero-order valence-electron chi connectivity index (χ0n) is 11.8. The Bertz CT molecular complexity index is 607. The molecule has 0 spiro atoms. The van der Waals surface area contributed by atoms with Crippen molar-refractivity contribution in [2.75, 3.05) is 23.4 Å². The summed E-state index contributed by atoms with van der Waals surface area (Å²) in [6.07, 6.45) is 3.50. The van der Waals surface area contributed by atoms with Crippen molar-refractivity contribution >= 4 is 11.9 Å². The van der Waals surface area contributed by atoms with Crippen LogP contribution in [0.15, 0.2) is 6.07 Å². The second kappa shape index (κ2) is 5.92. The summed E-state index contributed by atoms with van der Waals surface area (Å²) >= 11 is 0. The molecule has 0 aliphatic carbocycles. The molecule has 0 saturated carbocycles. The number of aromatic nitrogens is 5. The Labute approximate surface area is 121 Å². The maximum atomic E-state index is 5.55. The lowest BCUT2D eigenvalue weighted by molar-refractivity contribution is 0.421. The van der Waals surface area contributed by atoms with Crippen molar-refractivity contribution in [1.82, 2.24) is 25.1 Å². The molecule has 21 heavy (non-hydrogen) atoms. The molecular weight excluding hydrogens is 272 g/mol. The monoisotopic (exact) mass is 290 g/mol. The van der Waals surface area contributed by atoms with Crippen molar-refractivity contribution in [3.05, 3.63) is 11.8 Å². The van der Waals surface area contributed by atoms with E-state index in [9.17, 15) is 0 Å². The topological polar surface area (TPSA) is 118 Å². The number of aromatic amines is 1. The van der Waals surface area contributed by atoms with Crippen LogP contribution in [0.25, 0.3) is 0 Å². The number of piperidine rings is 1. The van der Waals surface area contributed by atoms with Crippen LogP contribution in [0.4, 0.5) is 11.9 Å². The molecule has 3 rings (SSSR count). The first-order valence-electron chi connectivity index (χ1n) is 6.92. The molecule has 0 radical (unpaired) electrons. The van der Waals surface area contributed by atoms with Gasteiger partial charge in [0.25, 0.3) is 0 Å². The van der Waals surface area contributed by atoms with Gasteiger partial charge in [-0.15, -0.1) is 5.10 Å². The highest BCUT2D eigenvalue weighted by Crippen LogP contribution is 2.22. The van der Waals surface area contributed by atoms with Crippen LogP contribution in [-0.4, -0.2) is 38.2 Å². The van der Waals surface area contributed by atoms with E-state index in [0.29, 0.717) is 11.8 Å². The molecule has 9 nitrogen and oxygen atoms in total. The number of aryl methyl sites for hydroxylation is 1. The molecule has 1 aliphatic rings. The number of hydrazine groups is 1. The highest BCUT2D eigenvalue weighted by molar-refractivity contribution is 5.38. The molecule has 0 amide bonds. The first-order chi connectivity index (χ1) is 10.2. The van der Waals surface area contributed by atoms with Crippen LogP contribution < -0.4 is 20.9 Å². The van der Waals surface area contributed by atoms with E-state index in [2.05, 4.69) is 35.5 Å². The van der Waals surface area contributed by atoms with E-state index in [1.165, 1.54) is 6.42 Å². The summed E-state index contributed by atoms with van der Waals surface area (Å²) in [5, 5.41) is 6.79. The van der Waals surface area contributed by atoms with Crippen LogP contribution in [0.2, 0.25) is 0 Å². The summed E-state index contributed by atoms with van der Waals surface area (Å²) in [5.41, 5.74) is 3.34. The third-order valence-corrected chi connectivity index (χ3v) is 3.25. The lowest BCUT2D eigenvalue weighted by Gasteiger charge is -2.26. The quantitative estimate of drug-likeness (QED) is 0.563. The molecule has 0 atom stereocenters. The Morgan fingerprint density at radius 1 is 1.24 bits per heavy atom. The number of H-pyrrole nitrogens is 1. The van der Waals surface area contributed by atoms with Gasteiger partial charge in [-0.1, -0.05) is 0 Å². The first kappa shape index (κ1) is 13.6. The lowest BCUT2D eigenvalue weighted by Crippen LogP contribution is -2.31. The highest BCUT2D eigenvalue weighted by Gasteiger charge is 2.17. The van der Waals surface area contributed by atoms with Gasteiger partial charge in [0.15, 0.2) is 0 Å². The smallest absolute Gasteiger partial charge is 0.330 e. The zero-order valence-corrected chi connectivity index (χ0v) is 11.8. The molecular formula is C12H18N8O. The number of nitrogen functional groups attached to an aromatic ring is 1. The van der Waals surface area contributed by atoms with Gasteiger partial charge in [0.2, 0.25) is 17.8 Å². The van der Waals surface area contributed by atoms with Gasteiger partial charge in [0.1, 0.15) is 0 Å². The van der Waals surface area contributed by atoms with Crippen molar-refractivity contribution in [2.24, 2.45) is 5.84 Å². The predicted molar refractivity (Wildman–Crippen MR) is 77.1 cm³/mol. The fraction of sp³-hybridized carbons (Fsp3) is 0.500. The van der Waals surface area contributed by atoms with Crippen molar-refractivity contribution in [1.29, 1.82) is 0 Å².